The first-order chi connectivity index (χ1) is 20.0. The van der Waals surface area contributed by atoms with E-state index in [1.807, 2.05) is 16.7 Å². The summed E-state index contributed by atoms with van der Waals surface area (Å²) in [6.45, 7) is 1.11. The van der Waals surface area contributed by atoms with Gasteiger partial charge in [0.15, 0.2) is 11.2 Å². The molecule has 2 aromatic carbocycles. The lowest BCUT2D eigenvalue weighted by Gasteiger charge is -2.36. The van der Waals surface area contributed by atoms with E-state index in [-0.39, 0.29) is 49.0 Å². The van der Waals surface area contributed by atoms with Gasteiger partial charge in [-0.15, -0.1) is 0 Å². The fraction of sp³-hybridized carbons (Fsp3) is 0.367. The second kappa shape index (κ2) is 13.2. The summed E-state index contributed by atoms with van der Waals surface area (Å²) >= 11 is 0. The van der Waals surface area contributed by atoms with Crippen molar-refractivity contribution in [1.29, 1.82) is 0 Å². The Balaban J connectivity index is 1.33. The smallest absolute Gasteiger partial charge is 0.338 e. The number of hydrogen-bond donors (Lipinski definition) is 1. The second-order valence-electron chi connectivity index (χ2n) is 9.97. The summed E-state index contributed by atoms with van der Waals surface area (Å²) in [5, 5.41) is 0. The van der Waals surface area contributed by atoms with Crippen LogP contribution in [-0.4, -0.2) is 65.0 Å². The maximum atomic E-state index is 12.7. The Bertz CT molecular complexity index is 1460. The van der Waals surface area contributed by atoms with Gasteiger partial charge in [0, 0.05) is 19.1 Å². The van der Waals surface area contributed by atoms with Crippen LogP contribution in [0.5, 0.6) is 5.88 Å². The van der Waals surface area contributed by atoms with Gasteiger partial charge in [-0.3, -0.25) is 0 Å². The van der Waals surface area contributed by atoms with Crippen molar-refractivity contribution in [3.8, 4) is 5.88 Å². The molecular formula is C30H33N5O6. The molecular weight excluding hydrogens is 526 g/mol. The first kappa shape index (κ1) is 28.0. The van der Waals surface area contributed by atoms with Crippen LogP contribution >= 0.6 is 0 Å². The molecule has 0 unspecified atom stereocenters. The number of ether oxygens (including phenoxy) is 4. The van der Waals surface area contributed by atoms with Crippen LogP contribution < -0.4 is 10.5 Å². The van der Waals surface area contributed by atoms with E-state index in [0.717, 1.165) is 12.8 Å². The third-order valence-electron chi connectivity index (χ3n) is 7.31. The molecule has 0 saturated heterocycles. The van der Waals surface area contributed by atoms with E-state index in [9.17, 15) is 9.59 Å². The molecule has 214 valence electrons. The molecule has 41 heavy (non-hydrogen) atoms. The molecule has 3 atom stereocenters. The SMILES string of the molecule is COCCOc1nc(N)nc2c1ncn2[C@H]1CC[C@H](COC(=O)c2ccccc2)[C@@H](COC(=O)c2ccccc2)C1. The highest BCUT2D eigenvalue weighted by atomic mass is 16.5. The van der Waals surface area contributed by atoms with Crippen molar-refractivity contribution in [2.45, 2.75) is 25.3 Å². The standard InChI is InChI=1S/C30H33N5O6/c1-38-14-15-39-27-25-26(33-30(31)34-27)35(19-32-25)24-13-12-22(17-40-28(36)20-8-4-2-5-9-20)23(16-24)18-41-29(37)21-10-6-3-7-11-21/h2-11,19,22-24H,12-18H2,1H3,(H2,31,33,34)/t22-,23-,24+/m1/s1. The van der Waals surface area contributed by atoms with E-state index < -0.39 is 0 Å². The van der Waals surface area contributed by atoms with Gasteiger partial charge < -0.3 is 29.2 Å². The van der Waals surface area contributed by atoms with Crippen molar-refractivity contribution in [2.75, 3.05) is 39.3 Å². The average Bonchev–Trinajstić information content (AvgIpc) is 3.43. The number of benzene rings is 2. The molecule has 0 amide bonds. The zero-order chi connectivity index (χ0) is 28.6. The quantitative estimate of drug-likeness (QED) is 0.211. The number of anilines is 1. The summed E-state index contributed by atoms with van der Waals surface area (Å²) in [7, 11) is 1.59. The van der Waals surface area contributed by atoms with Crippen LogP contribution in [0.1, 0.15) is 46.0 Å². The number of aromatic nitrogens is 4. The van der Waals surface area contributed by atoms with Gasteiger partial charge in [-0.1, -0.05) is 36.4 Å². The fourth-order valence-corrected chi connectivity index (χ4v) is 5.15. The highest BCUT2D eigenvalue weighted by molar-refractivity contribution is 5.89. The Morgan fingerprint density at radius 1 is 0.878 bits per heavy atom. The molecule has 1 saturated carbocycles. The molecule has 11 nitrogen and oxygen atoms in total. The number of nitrogens with zero attached hydrogens (tertiary/aromatic N) is 4. The molecule has 0 aliphatic heterocycles. The van der Waals surface area contributed by atoms with Crippen LogP contribution in [0.2, 0.25) is 0 Å². The van der Waals surface area contributed by atoms with E-state index >= 15 is 0 Å². The molecule has 4 aromatic rings. The van der Waals surface area contributed by atoms with Gasteiger partial charge in [0.05, 0.1) is 37.3 Å². The largest absolute Gasteiger partial charge is 0.474 e. The van der Waals surface area contributed by atoms with Crippen molar-refractivity contribution >= 4 is 29.1 Å². The Morgan fingerprint density at radius 2 is 1.51 bits per heavy atom. The maximum Gasteiger partial charge on any atom is 0.338 e. The highest BCUT2D eigenvalue weighted by Gasteiger charge is 2.34. The lowest BCUT2D eigenvalue weighted by Crippen LogP contribution is -2.33. The summed E-state index contributed by atoms with van der Waals surface area (Å²) in [5.41, 5.74) is 8.08. The summed E-state index contributed by atoms with van der Waals surface area (Å²) in [4.78, 5) is 38.6. The molecule has 0 bridgehead atoms. The lowest BCUT2D eigenvalue weighted by atomic mass is 9.77. The third-order valence-corrected chi connectivity index (χ3v) is 7.31. The predicted octanol–water partition coefficient (Wildman–Crippen LogP) is 4.11. The summed E-state index contributed by atoms with van der Waals surface area (Å²) in [6, 6.07) is 17.8. The van der Waals surface area contributed by atoms with Crippen LogP contribution in [0.25, 0.3) is 11.2 Å². The number of hydrogen-bond acceptors (Lipinski definition) is 10. The highest BCUT2D eigenvalue weighted by Crippen LogP contribution is 2.39. The summed E-state index contributed by atoms with van der Waals surface area (Å²) in [6.07, 6.45) is 3.91. The molecule has 2 heterocycles. The zero-order valence-corrected chi connectivity index (χ0v) is 22.8. The number of imidazole rings is 1. The summed E-state index contributed by atoms with van der Waals surface area (Å²) < 4.78 is 24.2. The number of carbonyl (C=O) groups is 2. The van der Waals surface area contributed by atoms with Crippen LogP contribution in [0.15, 0.2) is 67.0 Å². The van der Waals surface area contributed by atoms with Crippen LogP contribution in [0.4, 0.5) is 5.95 Å². The maximum absolute atomic E-state index is 12.7. The number of nitrogens with two attached hydrogens (primary N) is 1. The van der Waals surface area contributed by atoms with Gasteiger partial charge in [0.25, 0.3) is 0 Å². The predicted molar refractivity (Wildman–Crippen MR) is 150 cm³/mol. The summed E-state index contributed by atoms with van der Waals surface area (Å²) in [5.74, 6) is -0.440. The molecule has 0 radical (unpaired) electrons. The van der Waals surface area contributed by atoms with Crippen molar-refractivity contribution in [3.63, 3.8) is 0 Å². The minimum Gasteiger partial charge on any atom is -0.474 e. The molecule has 1 fully saturated rings. The minimum absolute atomic E-state index is 0.00243. The Labute approximate surface area is 237 Å². The van der Waals surface area contributed by atoms with Crippen LogP contribution in [0.3, 0.4) is 0 Å². The molecule has 0 spiro atoms. The first-order valence-corrected chi connectivity index (χ1v) is 13.6. The van der Waals surface area contributed by atoms with Crippen molar-refractivity contribution < 1.29 is 28.5 Å². The molecule has 1 aliphatic carbocycles. The number of fused-ring (bicyclic) bond motifs is 1. The minimum atomic E-state index is -0.390. The van der Waals surface area contributed by atoms with Crippen molar-refractivity contribution in [3.05, 3.63) is 78.1 Å². The Hall–Kier alpha value is -4.51. The monoisotopic (exact) mass is 559 g/mol. The normalized spacial score (nSPS) is 18.6. The van der Waals surface area contributed by atoms with Gasteiger partial charge >= 0.3 is 11.9 Å². The van der Waals surface area contributed by atoms with Gasteiger partial charge in [-0.05, 0) is 49.4 Å². The fourth-order valence-electron chi connectivity index (χ4n) is 5.15. The number of nitrogen functional groups attached to an aromatic ring is 1. The van der Waals surface area contributed by atoms with E-state index in [2.05, 4.69) is 15.0 Å². The average molecular weight is 560 g/mol. The zero-order valence-electron chi connectivity index (χ0n) is 22.8. The molecule has 11 heteroatoms. The molecule has 2 N–H and O–H groups in total. The molecule has 2 aromatic heterocycles. The van der Waals surface area contributed by atoms with Gasteiger partial charge in [0.2, 0.25) is 11.8 Å². The second-order valence-corrected chi connectivity index (χ2v) is 9.97. The van der Waals surface area contributed by atoms with Crippen molar-refractivity contribution in [1.82, 2.24) is 19.5 Å². The Kier molecular flexibility index (Phi) is 9.05. The van der Waals surface area contributed by atoms with E-state index in [1.165, 1.54) is 0 Å². The van der Waals surface area contributed by atoms with E-state index in [0.29, 0.717) is 47.8 Å². The van der Waals surface area contributed by atoms with Crippen molar-refractivity contribution in [2.24, 2.45) is 11.8 Å². The first-order valence-electron chi connectivity index (χ1n) is 13.6. The van der Waals surface area contributed by atoms with Gasteiger partial charge in [-0.25, -0.2) is 14.6 Å². The Morgan fingerprint density at radius 3 is 2.15 bits per heavy atom. The topological polar surface area (TPSA) is 141 Å². The number of esters is 2. The number of rotatable bonds is 11. The lowest BCUT2D eigenvalue weighted by molar-refractivity contribution is 0.00843. The van der Waals surface area contributed by atoms with Gasteiger partial charge in [-0.2, -0.15) is 9.97 Å². The van der Waals surface area contributed by atoms with E-state index in [4.69, 9.17) is 24.7 Å². The van der Waals surface area contributed by atoms with Crippen LogP contribution in [-0.2, 0) is 14.2 Å². The van der Waals surface area contributed by atoms with E-state index in [1.54, 1.807) is 62.0 Å². The van der Waals surface area contributed by atoms with Crippen LogP contribution in [0, 0.1) is 11.8 Å². The third kappa shape index (κ3) is 6.80. The number of carbonyl (C=O) groups excluding carboxylic acids is 2. The molecule has 1 aliphatic rings. The number of methoxy groups -OCH3 is 1. The molecule has 5 rings (SSSR count). The van der Waals surface area contributed by atoms with Gasteiger partial charge in [0.1, 0.15) is 6.61 Å².